The molecule has 0 saturated heterocycles. The van der Waals surface area contributed by atoms with Crippen LogP contribution in [0, 0.1) is 0 Å². The van der Waals surface area contributed by atoms with Crippen molar-refractivity contribution in [3.05, 3.63) is 29.8 Å². The molecule has 0 aliphatic heterocycles. The van der Waals surface area contributed by atoms with Gasteiger partial charge in [-0.15, -0.1) is 0 Å². The van der Waals surface area contributed by atoms with Gasteiger partial charge >= 0.3 is 6.18 Å². The predicted molar refractivity (Wildman–Crippen MR) is 67.7 cm³/mol. The normalized spacial score (nSPS) is 11.3. The van der Waals surface area contributed by atoms with Gasteiger partial charge in [0.25, 0.3) is 0 Å². The van der Waals surface area contributed by atoms with E-state index in [-0.39, 0.29) is 18.0 Å². The molecule has 6 heteroatoms. The molecule has 1 N–H and O–H groups in total. The zero-order chi connectivity index (χ0) is 13.6. The zero-order valence-corrected chi connectivity index (χ0v) is 10.7. The first kappa shape index (κ1) is 14.9. The molecule has 0 bridgehead atoms. The Kier molecular flexibility index (Phi) is 5.53. The number of alkyl halides is 3. The van der Waals surface area contributed by atoms with E-state index in [0.29, 0.717) is 6.42 Å². The Bertz CT molecular complexity index is 407. The Hall–Kier alpha value is -1.17. The van der Waals surface area contributed by atoms with Gasteiger partial charge in [-0.05, 0) is 30.6 Å². The molecule has 1 aromatic rings. The number of nitrogens with one attached hydrogen (secondary N) is 1. The van der Waals surface area contributed by atoms with Gasteiger partial charge in [-0.3, -0.25) is 4.79 Å². The van der Waals surface area contributed by atoms with E-state index in [0.717, 1.165) is 11.8 Å². The molecule has 0 atom stereocenters. The predicted octanol–water partition coefficient (Wildman–Crippen LogP) is 3.79. The van der Waals surface area contributed by atoms with E-state index in [2.05, 4.69) is 5.32 Å². The van der Waals surface area contributed by atoms with Crippen molar-refractivity contribution >= 4 is 23.4 Å². The second-order valence-electron chi connectivity index (χ2n) is 3.69. The third-order valence-corrected chi connectivity index (χ3v) is 2.96. The number of halogens is 3. The molecule has 0 radical (unpaired) electrons. The van der Waals surface area contributed by atoms with Crippen molar-refractivity contribution < 1.29 is 18.0 Å². The fourth-order valence-electron chi connectivity index (χ4n) is 1.43. The number of amides is 1. The van der Waals surface area contributed by atoms with Gasteiger partial charge in [-0.25, -0.2) is 0 Å². The van der Waals surface area contributed by atoms with E-state index in [1.807, 2.05) is 6.26 Å². The molecule has 0 fully saturated rings. The molecule has 0 aliphatic rings. The first-order valence-electron chi connectivity index (χ1n) is 5.40. The Balaban J connectivity index is 2.70. The molecule has 0 saturated carbocycles. The monoisotopic (exact) mass is 277 g/mol. The van der Waals surface area contributed by atoms with Crippen LogP contribution in [0.4, 0.5) is 18.9 Å². The van der Waals surface area contributed by atoms with E-state index in [1.165, 1.54) is 18.2 Å². The molecule has 0 aromatic heterocycles. The topological polar surface area (TPSA) is 29.1 Å². The van der Waals surface area contributed by atoms with Crippen LogP contribution in [0.15, 0.2) is 24.3 Å². The lowest BCUT2D eigenvalue weighted by atomic mass is 10.1. The number of carbonyl (C=O) groups excluding carboxylic acids is 1. The number of thioether (sulfide) groups is 1. The second-order valence-corrected chi connectivity index (χ2v) is 4.67. The molecular formula is C12H14F3NOS. The number of carbonyl (C=O) groups is 1. The highest BCUT2D eigenvalue weighted by atomic mass is 32.2. The first-order chi connectivity index (χ1) is 8.45. The van der Waals surface area contributed by atoms with Crippen LogP contribution in [0.3, 0.4) is 0 Å². The van der Waals surface area contributed by atoms with Crippen molar-refractivity contribution in [2.24, 2.45) is 0 Å². The van der Waals surface area contributed by atoms with Gasteiger partial charge in [0.1, 0.15) is 0 Å². The molecule has 0 heterocycles. The van der Waals surface area contributed by atoms with Crippen LogP contribution in [0.2, 0.25) is 0 Å². The van der Waals surface area contributed by atoms with Crippen molar-refractivity contribution in [2.75, 3.05) is 17.3 Å². The zero-order valence-electron chi connectivity index (χ0n) is 9.88. The molecule has 1 rings (SSSR count). The van der Waals surface area contributed by atoms with Gasteiger partial charge in [0.2, 0.25) is 5.91 Å². The minimum Gasteiger partial charge on any atom is -0.326 e. The summed E-state index contributed by atoms with van der Waals surface area (Å²) in [4.78, 5) is 11.5. The van der Waals surface area contributed by atoms with E-state index in [1.54, 1.807) is 11.8 Å². The molecule has 1 amide bonds. The molecule has 0 spiro atoms. The van der Waals surface area contributed by atoms with E-state index in [9.17, 15) is 18.0 Å². The van der Waals surface area contributed by atoms with Crippen LogP contribution in [-0.4, -0.2) is 17.9 Å². The van der Waals surface area contributed by atoms with Gasteiger partial charge in [0.05, 0.1) is 11.3 Å². The quantitative estimate of drug-likeness (QED) is 0.830. The van der Waals surface area contributed by atoms with Crippen molar-refractivity contribution in [2.45, 2.75) is 19.0 Å². The van der Waals surface area contributed by atoms with E-state index < -0.39 is 11.7 Å². The van der Waals surface area contributed by atoms with Crippen molar-refractivity contribution in [1.82, 2.24) is 0 Å². The average Bonchev–Trinajstić information content (AvgIpc) is 2.28. The lowest BCUT2D eigenvalue weighted by molar-refractivity contribution is -0.137. The largest absolute Gasteiger partial charge is 0.418 e. The second kappa shape index (κ2) is 6.68. The number of hydrogen-bond donors (Lipinski definition) is 1. The Morgan fingerprint density at radius 3 is 2.61 bits per heavy atom. The van der Waals surface area contributed by atoms with Gasteiger partial charge in [-0.1, -0.05) is 12.1 Å². The highest BCUT2D eigenvalue weighted by molar-refractivity contribution is 7.98. The molecule has 2 nitrogen and oxygen atoms in total. The Morgan fingerprint density at radius 2 is 2.00 bits per heavy atom. The summed E-state index contributed by atoms with van der Waals surface area (Å²) in [6.07, 6.45) is -1.66. The summed E-state index contributed by atoms with van der Waals surface area (Å²) in [5.74, 6) is 0.426. The van der Waals surface area contributed by atoms with Gasteiger partial charge in [-0.2, -0.15) is 24.9 Å². The SMILES string of the molecule is CSCCCC(=O)Nc1ccccc1C(F)(F)F. The summed E-state index contributed by atoms with van der Waals surface area (Å²) in [5, 5.41) is 2.31. The number of anilines is 1. The molecule has 0 unspecified atom stereocenters. The summed E-state index contributed by atoms with van der Waals surface area (Å²) in [6, 6.07) is 4.98. The molecule has 18 heavy (non-hydrogen) atoms. The summed E-state index contributed by atoms with van der Waals surface area (Å²) in [7, 11) is 0. The molecule has 1 aromatic carbocycles. The van der Waals surface area contributed by atoms with Crippen molar-refractivity contribution in [3.63, 3.8) is 0 Å². The maximum atomic E-state index is 12.7. The summed E-state index contributed by atoms with van der Waals surface area (Å²) >= 11 is 1.60. The summed E-state index contributed by atoms with van der Waals surface area (Å²) in [5.41, 5.74) is -0.998. The van der Waals surface area contributed by atoms with Crippen LogP contribution in [0.25, 0.3) is 0 Å². The number of rotatable bonds is 5. The van der Waals surface area contributed by atoms with E-state index in [4.69, 9.17) is 0 Å². The lowest BCUT2D eigenvalue weighted by Gasteiger charge is -2.13. The van der Waals surface area contributed by atoms with E-state index >= 15 is 0 Å². The highest BCUT2D eigenvalue weighted by Gasteiger charge is 2.33. The van der Waals surface area contributed by atoms with Crippen LogP contribution >= 0.6 is 11.8 Å². The van der Waals surface area contributed by atoms with Crippen molar-refractivity contribution in [3.8, 4) is 0 Å². The maximum absolute atomic E-state index is 12.7. The molecule has 0 aliphatic carbocycles. The molecular weight excluding hydrogens is 263 g/mol. The third-order valence-electron chi connectivity index (χ3n) is 2.26. The number of hydrogen-bond acceptors (Lipinski definition) is 2. The summed E-state index contributed by atoms with van der Waals surface area (Å²) < 4.78 is 38.0. The van der Waals surface area contributed by atoms with Gasteiger partial charge in [0, 0.05) is 6.42 Å². The van der Waals surface area contributed by atoms with Crippen LogP contribution in [-0.2, 0) is 11.0 Å². The first-order valence-corrected chi connectivity index (χ1v) is 6.79. The van der Waals surface area contributed by atoms with Crippen LogP contribution < -0.4 is 5.32 Å². The minimum atomic E-state index is -4.46. The molecule has 100 valence electrons. The number of para-hydroxylation sites is 1. The van der Waals surface area contributed by atoms with Crippen molar-refractivity contribution in [1.29, 1.82) is 0 Å². The third kappa shape index (κ3) is 4.60. The van der Waals surface area contributed by atoms with Gasteiger partial charge < -0.3 is 5.32 Å². The minimum absolute atomic E-state index is 0.181. The van der Waals surface area contributed by atoms with Crippen LogP contribution in [0.1, 0.15) is 18.4 Å². The highest BCUT2D eigenvalue weighted by Crippen LogP contribution is 2.34. The maximum Gasteiger partial charge on any atom is 0.418 e. The average molecular weight is 277 g/mol. The standard InChI is InChI=1S/C12H14F3NOS/c1-18-8-4-7-11(17)16-10-6-3-2-5-9(10)12(13,14)15/h2-3,5-6H,4,7-8H2,1H3,(H,16,17). The van der Waals surface area contributed by atoms with Gasteiger partial charge in [0.15, 0.2) is 0 Å². The summed E-state index contributed by atoms with van der Waals surface area (Å²) in [6.45, 7) is 0. The lowest BCUT2D eigenvalue weighted by Crippen LogP contribution is -2.16. The Labute approximate surface area is 108 Å². The smallest absolute Gasteiger partial charge is 0.326 e. The fraction of sp³-hybridized carbons (Fsp3) is 0.417. The fourth-order valence-corrected chi connectivity index (χ4v) is 1.86. The van der Waals surface area contributed by atoms with Crippen LogP contribution in [0.5, 0.6) is 0 Å². The number of benzene rings is 1. The Morgan fingerprint density at radius 1 is 1.33 bits per heavy atom.